The third kappa shape index (κ3) is 4.97. The van der Waals surface area contributed by atoms with Crippen molar-refractivity contribution in [2.75, 3.05) is 6.61 Å². The summed E-state index contributed by atoms with van der Waals surface area (Å²) in [5.74, 6) is 0.250. The van der Waals surface area contributed by atoms with E-state index in [-0.39, 0.29) is 12.5 Å². The van der Waals surface area contributed by atoms with Crippen LogP contribution in [0.15, 0.2) is 42.1 Å². The average molecular weight is 216 g/mol. The summed E-state index contributed by atoms with van der Waals surface area (Å²) >= 11 is 0. The second kappa shape index (κ2) is 7.92. The van der Waals surface area contributed by atoms with E-state index >= 15 is 0 Å². The lowest BCUT2D eigenvalue weighted by Crippen LogP contribution is -2.01. The van der Waals surface area contributed by atoms with Crippen LogP contribution in [0.1, 0.15) is 31.7 Å². The van der Waals surface area contributed by atoms with E-state index in [1.165, 1.54) is 6.42 Å². The zero-order valence-corrected chi connectivity index (χ0v) is 9.89. The minimum absolute atomic E-state index is 0.218. The molecule has 1 heteroatoms. The Kier molecular flexibility index (Phi) is 6.32. The van der Waals surface area contributed by atoms with E-state index in [9.17, 15) is 0 Å². The summed E-state index contributed by atoms with van der Waals surface area (Å²) in [6.07, 6.45) is 7.31. The molecule has 0 heterocycles. The third-order valence-corrected chi connectivity index (χ3v) is 2.54. The Morgan fingerprint density at radius 3 is 2.69 bits per heavy atom. The van der Waals surface area contributed by atoms with Crippen molar-refractivity contribution in [3.05, 3.63) is 47.7 Å². The van der Waals surface area contributed by atoms with Gasteiger partial charge < -0.3 is 5.11 Å². The molecule has 1 aromatic rings. The van der Waals surface area contributed by atoms with Gasteiger partial charge in [-0.05, 0) is 24.1 Å². The van der Waals surface area contributed by atoms with Gasteiger partial charge in [0.05, 0.1) is 0 Å². The molecular formula is C15H20O. The highest BCUT2D eigenvalue weighted by atomic mass is 16.3. The van der Waals surface area contributed by atoms with Crippen LogP contribution >= 0.6 is 0 Å². The lowest BCUT2D eigenvalue weighted by atomic mass is 10.0. The van der Waals surface area contributed by atoms with Crippen molar-refractivity contribution in [3.8, 4) is 0 Å². The van der Waals surface area contributed by atoms with E-state index in [1.54, 1.807) is 0 Å². The molecule has 0 fully saturated rings. The second-order valence-corrected chi connectivity index (χ2v) is 3.97. The normalized spacial score (nSPS) is 11.6. The molecule has 1 aromatic carbocycles. The van der Waals surface area contributed by atoms with Crippen molar-refractivity contribution in [2.24, 2.45) is 5.92 Å². The number of unbranched alkanes of at least 4 members (excludes halogenated alkanes) is 1. The Labute approximate surface area is 98.1 Å². The molecule has 0 spiro atoms. The molecule has 0 saturated carbocycles. The molecule has 0 amide bonds. The van der Waals surface area contributed by atoms with Crippen molar-refractivity contribution in [2.45, 2.75) is 26.2 Å². The number of rotatable bonds is 6. The number of aliphatic hydroxyl groups excluding tert-OH is 1. The van der Waals surface area contributed by atoms with Crippen LogP contribution in [-0.2, 0) is 0 Å². The van der Waals surface area contributed by atoms with E-state index < -0.39 is 0 Å². The molecule has 1 N–H and O–H groups in total. The predicted octanol–water partition coefficient (Wildman–Crippen LogP) is 3.65. The van der Waals surface area contributed by atoms with Crippen LogP contribution in [-0.4, -0.2) is 11.7 Å². The summed E-state index contributed by atoms with van der Waals surface area (Å²) in [4.78, 5) is 0. The molecule has 0 aliphatic carbocycles. The fourth-order valence-electron chi connectivity index (χ4n) is 1.52. The van der Waals surface area contributed by atoms with Crippen LogP contribution in [0.3, 0.4) is 0 Å². The highest BCUT2D eigenvalue weighted by Gasteiger charge is 2.00. The Morgan fingerprint density at radius 2 is 2.06 bits per heavy atom. The van der Waals surface area contributed by atoms with Crippen LogP contribution in [0.4, 0.5) is 0 Å². The van der Waals surface area contributed by atoms with Crippen LogP contribution in [0.2, 0.25) is 0 Å². The maximum atomic E-state index is 9.16. The fourth-order valence-corrected chi connectivity index (χ4v) is 1.52. The Morgan fingerprint density at radius 1 is 1.31 bits per heavy atom. The monoisotopic (exact) mass is 216 g/mol. The first-order valence-corrected chi connectivity index (χ1v) is 5.95. The molecule has 86 valence electrons. The molecule has 1 rings (SSSR count). The summed E-state index contributed by atoms with van der Waals surface area (Å²) in [5.41, 5.74) is 4.30. The summed E-state index contributed by atoms with van der Waals surface area (Å²) in [6.45, 7) is 2.38. The van der Waals surface area contributed by atoms with E-state index in [2.05, 4.69) is 12.7 Å². The van der Waals surface area contributed by atoms with Gasteiger partial charge in [0, 0.05) is 12.5 Å². The van der Waals surface area contributed by atoms with Gasteiger partial charge in [-0.25, -0.2) is 0 Å². The van der Waals surface area contributed by atoms with E-state index in [0.29, 0.717) is 0 Å². The van der Waals surface area contributed by atoms with Gasteiger partial charge in [0.25, 0.3) is 0 Å². The van der Waals surface area contributed by atoms with Crippen LogP contribution in [0.25, 0.3) is 6.08 Å². The molecule has 1 nitrogen and oxygen atoms in total. The van der Waals surface area contributed by atoms with Gasteiger partial charge in [0.2, 0.25) is 0 Å². The highest BCUT2D eigenvalue weighted by Crippen LogP contribution is 2.09. The lowest BCUT2D eigenvalue weighted by molar-refractivity contribution is 0.244. The summed E-state index contributed by atoms with van der Waals surface area (Å²) in [5, 5.41) is 9.16. The van der Waals surface area contributed by atoms with E-state index in [0.717, 1.165) is 18.4 Å². The van der Waals surface area contributed by atoms with E-state index in [4.69, 9.17) is 5.11 Å². The van der Waals surface area contributed by atoms with Gasteiger partial charge in [0.15, 0.2) is 0 Å². The van der Waals surface area contributed by atoms with Gasteiger partial charge in [-0.15, -0.1) is 5.73 Å². The number of benzene rings is 1. The van der Waals surface area contributed by atoms with Crippen molar-refractivity contribution in [1.29, 1.82) is 0 Å². The molecule has 0 unspecified atom stereocenters. The summed E-state index contributed by atoms with van der Waals surface area (Å²) < 4.78 is 0. The molecule has 0 saturated heterocycles. The molecule has 0 aromatic heterocycles. The van der Waals surface area contributed by atoms with Crippen LogP contribution in [0.5, 0.6) is 0 Å². The molecular weight excluding hydrogens is 196 g/mol. The first-order chi connectivity index (χ1) is 7.86. The van der Waals surface area contributed by atoms with Crippen molar-refractivity contribution in [1.82, 2.24) is 0 Å². The quantitative estimate of drug-likeness (QED) is 0.720. The smallest absolute Gasteiger partial charge is 0.0499 e. The Bertz CT molecular complexity index is 334. The second-order valence-electron chi connectivity index (χ2n) is 3.97. The predicted molar refractivity (Wildman–Crippen MR) is 69.1 cm³/mol. The van der Waals surface area contributed by atoms with Gasteiger partial charge in [-0.3, -0.25) is 0 Å². The maximum Gasteiger partial charge on any atom is 0.0499 e. The number of aliphatic hydroxyl groups is 1. The van der Waals surface area contributed by atoms with E-state index in [1.807, 2.05) is 42.5 Å². The Hall–Kier alpha value is -1.30. The molecule has 16 heavy (non-hydrogen) atoms. The first kappa shape index (κ1) is 12.8. The van der Waals surface area contributed by atoms with Crippen molar-refractivity contribution >= 4 is 6.08 Å². The van der Waals surface area contributed by atoms with Gasteiger partial charge in [-0.1, -0.05) is 50.1 Å². The minimum atomic E-state index is 0.218. The standard InChI is InChI=1S/C15H20O/c1-2-3-8-15(13-16)12-7-11-14-9-5-4-6-10-14/h4-6,9-12,15-16H,2-3,8,13H2,1H3/t7?,15-/m0/s1. The summed E-state index contributed by atoms with van der Waals surface area (Å²) in [7, 11) is 0. The fraction of sp³-hybridized carbons (Fsp3) is 0.400. The highest BCUT2D eigenvalue weighted by molar-refractivity contribution is 5.47. The van der Waals surface area contributed by atoms with Crippen molar-refractivity contribution < 1.29 is 5.11 Å². The van der Waals surface area contributed by atoms with Gasteiger partial charge >= 0.3 is 0 Å². The molecule has 0 bridgehead atoms. The largest absolute Gasteiger partial charge is 0.396 e. The SMILES string of the molecule is CCCC[C@@H](C=C=Cc1ccccc1)CO. The number of hydrogen-bond acceptors (Lipinski definition) is 1. The Balaban J connectivity index is 2.53. The third-order valence-electron chi connectivity index (χ3n) is 2.54. The number of hydrogen-bond donors (Lipinski definition) is 1. The molecule has 0 radical (unpaired) electrons. The minimum Gasteiger partial charge on any atom is -0.396 e. The van der Waals surface area contributed by atoms with Crippen LogP contribution < -0.4 is 0 Å². The molecule has 0 aliphatic rings. The topological polar surface area (TPSA) is 20.2 Å². The average Bonchev–Trinajstić information content (AvgIpc) is 2.35. The maximum absolute atomic E-state index is 9.16. The zero-order chi connectivity index (χ0) is 11.6. The molecule has 1 atom stereocenters. The van der Waals surface area contributed by atoms with Gasteiger partial charge in [0.1, 0.15) is 0 Å². The van der Waals surface area contributed by atoms with Gasteiger partial charge in [-0.2, -0.15) is 0 Å². The zero-order valence-electron chi connectivity index (χ0n) is 9.89. The molecule has 0 aliphatic heterocycles. The van der Waals surface area contributed by atoms with Crippen LogP contribution in [0, 0.1) is 5.92 Å². The lowest BCUT2D eigenvalue weighted by Gasteiger charge is -2.05. The summed E-state index contributed by atoms with van der Waals surface area (Å²) in [6, 6.07) is 10.1. The first-order valence-electron chi connectivity index (χ1n) is 5.95. The van der Waals surface area contributed by atoms with Crippen molar-refractivity contribution in [3.63, 3.8) is 0 Å².